The lowest BCUT2D eigenvalue weighted by Crippen LogP contribution is -2.33. The molecule has 0 bridgehead atoms. The zero-order valence-corrected chi connectivity index (χ0v) is 12.7. The number of carbonyl (C=O) groups is 1. The highest BCUT2D eigenvalue weighted by atomic mass is 16.2. The van der Waals surface area contributed by atoms with Crippen LogP contribution in [0.1, 0.15) is 54.3 Å². The van der Waals surface area contributed by atoms with Crippen molar-refractivity contribution in [3.8, 4) is 0 Å². The smallest absolute Gasteiger partial charge is 0.272 e. The zero-order valence-electron chi connectivity index (χ0n) is 12.7. The normalized spacial score (nSPS) is 24.6. The minimum Gasteiger partial charge on any atom is -0.356 e. The maximum atomic E-state index is 12.2. The second-order valence-corrected chi connectivity index (χ2v) is 6.30. The Morgan fingerprint density at radius 1 is 0.955 bits per heavy atom. The van der Waals surface area contributed by atoms with Gasteiger partial charge in [0.1, 0.15) is 17.7 Å². The second-order valence-electron chi connectivity index (χ2n) is 6.30. The van der Waals surface area contributed by atoms with Crippen LogP contribution in [0.4, 0.5) is 11.8 Å². The Bertz CT molecular complexity index is 592. The molecule has 0 spiro atoms. The van der Waals surface area contributed by atoms with Crippen LogP contribution in [0.15, 0.2) is 0 Å². The van der Waals surface area contributed by atoms with Crippen molar-refractivity contribution in [3.63, 3.8) is 0 Å². The lowest BCUT2D eigenvalue weighted by Gasteiger charge is -2.30. The van der Waals surface area contributed by atoms with Crippen molar-refractivity contribution in [1.29, 1.82) is 0 Å². The fourth-order valence-electron chi connectivity index (χ4n) is 3.59. The summed E-state index contributed by atoms with van der Waals surface area (Å²) in [6, 6.07) is 0. The van der Waals surface area contributed by atoms with Crippen LogP contribution >= 0.6 is 0 Å². The van der Waals surface area contributed by atoms with E-state index >= 15 is 0 Å². The van der Waals surface area contributed by atoms with Gasteiger partial charge in [-0.25, -0.2) is 4.98 Å². The molecular weight excluding hydrogens is 280 g/mol. The van der Waals surface area contributed by atoms with Crippen molar-refractivity contribution >= 4 is 17.7 Å². The predicted octanol–water partition coefficient (Wildman–Crippen LogP) is 0.768. The molecule has 118 valence electrons. The van der Waals surface area contributed by atoms with E-state index in [9.17, 15) is 4.79 Å². The first-order valence-electron chi connectivity index (χ1n) is 8.22. The van der Waals surface area contributed by atoms with Crippen LogP contribution in [-0.2, 0) is 0 Å². The van der Waals surface area contributed by atoms with Gasteiger partial charge in [-0.05, 0) is 32.1 Å². The third kappa shape index (κ3) is 2.20. The highest BCUT2D eigenvalue weighted by molar-refractivity contribution is 5.99. The number of aromatic nitrogens is 2. The van der Waals surface area contributed by atoms with Crippen LogP contribution in [-0.4, -0.2) is 42.1 Å². The molecular formula is C15H22N6O. The molecule has 3 aliphatic rings. The van der Waals surface area contributed by atoms with Gasteiger partial charge in [0.2, 0.25) is 5.95 Å². The van der Waals surface area contributed by atoms with Gasteiger partial charge in [-0.15, -0.1) is 0 Å². The summed E-state index contributed by atoms with van der Waals surface area (Å²) in [6.45, 7) is 3.88. The number of rotatable bonds is 2. The Kier molecular flexibility index (Phi) is 3.37. The summed E-state index contributed by atoms with van der Waals surface area (Å²) in [6.07, 6.45) is 5.40. The Labute approximate surface area is 129 Å². The Morgan fingerprint density at radius 3 is 2.32 bits per heavy atom. The standard InChI is InChI=1S/C15H22N6O/c16-12-10-11(14(22)18-12)17-15(21-8-4-5-9-21)19-13(10)20-6-2-1-3-7-20/h12H,1-9,16H2,(H,18,22). The monoisotopic (exact) mass is 302 g/mol. The highest BCUT2D eigenvalue weighted by Crippen LogP contribution is 2.33. The van der Waals surface area contributed by atoms with E-state index in [0.717, 1.165) is 63.2 Å². The van der Waals surface area contributed by atoms with Gasteiger partial charge >= 0.3 is 0 Å². The van der Waals surface area contributed by atoms with E-state index in [1.54, 1.807) is 0 Å². The number of nitrogens with zero attached hydrogens (tertiary/aromatic N) is 4. The lowest BCUT2D eigenvalue weighted by molar-refractivity contribution is 0.0953. The Morgan fingerprint density at radius 2 is 1.59 bits per heavy atom. The first kappa shape index (κ1) is 13.8. The fraction of sp³-hybridized carbons (Fsp3) is 0.667. The van der Waals surface area contributed by atoms with Gasteiger partial charge in [-0.2, -0.15) is 4.98 Å². The molecule has 1 aromatic rings. The summed E-state index contributed by atoms with van der Waals surface area (Å²) in [5.74, 6) is 1.36. The van der Waals surface area contributed by atoms with Crippen LogP contribution in [0.25, 0.3) is 0 Å². The van der Waals surface area contributed by atoms with E-state index in [2.05, 4.69) is 20.1 Å². The number of fused-ring (bicyclic) bond motifs is 1. The molecule has 0 aromatic carbocycles. The maximum absolute atomic E-state index is 12.2. The van der Waals surface area contributed by atoms with Crippen molar-refractivity contribution in [1.82, 2.24) is 15.3 Å². The summed E-state index contributed by atoms with van der Waals surface area (Å²) in [7, 11) is 0. The number of piperidine rings is 1. The highest BCUT2D eigenvalue weighted by Gasteiger charge is 2.35. The molecule has 3 aliphatic heterocycles. The first-order valence-corrected chi connectivity index (χ1v) is 8.22. The summed E-state index contributed by atoms with van der Waals surface area (Å²) in [5, 5.41) is 2.77. The molecule has 22 heavy (non-hydrogen) atoms. The quantitative estimate of drug-likeness (QED) is 0.839. The van der Waals surface area contributed by atoms with Crippen LogP contribution in [0, 0.1) is 0 Å². The van der Waals surface area contributed by atoms with Gasteiger partial charge in [0.25, 0.3) is 5.91 Å². The molecule has 4 heterocycles. The van der Waals surface area contributed by atoms with Crippen LogP contribution in [0.2, 0.25) is 0 Å². The lowest BCUT2D eigenvalue weighted by atomic mass is 10.1. The fourth-order valence-corrected chi connectivity index (χ4v) is 3.59. The summed E-state index contributed by atoms with van der Waals surface area (Å²) in [4.78, 5) is 25.9. The van der Waals surface area contributed by atoms with Gasteiger partial charge < -0.3 is 20.9 Å². The van der Waals surface area contributed by atoms with E-state index in [0.29, 0.717) is 11.6 Å². The maximum Gasteiger partial charge on any atom is 0.272 e. The molecule has 2 saturated heterocycles. The molecule has 3 N–H and O–H groups in total. The van der Waals surface area contributed by atoms with Crippen molar-refractivity contribution in [2.45, 2.75) is 38.3 Å². The van der Waals surface area contributed by atoms with Crippen molar-refractivity contribution < 1.29 is 4.79 Å². The number of amides is 1. The third-order valence-electron chi connectivity index (χ3n) is 4.77. The molecule has 7 heteroatoms. The Balaban J connectivity index is 1.79. The average Bonchev–Trinajstić information content (AvgIpc) is 3.17. The second kappa shape index (κ2) is 5.39. The number of carbonyl (C=O) groups excluding carboxylic acids is 1. The third-order valence-corrected chi connectivity index (χ3v) is 4.77. The average molecular weight is 302 g/mol. The van der Waals surface area contributed by atoms with E-state index in [-0.39, 0.29) is 5.91 Å². The molecule has 2 fully saturated rings. The van der Waals surface area contributed by atoms with Gasteiger partial charge in [-0.3, -0.25) is 4.79 Å². The van der Waals surface area contributed by atoms with E-state index in [1.807, 2.05) is 0 Å². The molecule has 1 atom stereocenters. The molecule has 0 radical (unpaired) electrons. The Hall–Kier alpha value is -1.89. The molecule has 1 amide bonds. The molecule has 0 saturated carbocycles. The van der Waals surface area contributed by atoms with Gasteiger partial charge in [0, 0.05) is 26.2 Å². The zero-order chi connectivity index (χ0) is 15.1. The van der Waals surface area contributed by atoms with Crippen molar-refractivity contribution in [3.05, 3.63) is 11.3 Å². The molecule has 0 aliphatic carbocycles. The largest absolute Gasteiger partial charge is 0.356 e. The number of hydrogen-bond donors (Lipinski definition) is 2. The minimum atomic E-state index is -0.493. The minimum absolute atomic E-state index is 0.177. The summed E-state index contributed by atoms with van der Waals surface area (Å²) >= 11 is 0. The topological polar surface area (TPSA) is 87.4 Å². The van der Waals surface area contributed by atoms with Crippen LogP contribution < -0.4 is 20.9 Å². The molecule has 4 rings (SSSR count). The molecule has 1 aromatic heterocycles. The molecule has 7 nitrogen and oxygen atoms in total. The predicted molar refractivity (Wildman–Crippen MR) is 83.9 cm³/mol. The van der Waals surface area contributed by atoms with Crippen molar-refractivity contribution in [2.75, 3.05) is 36.0 Å². The first-order chi connectivity index (χ1) is 10.7. The number of hydrogen-bond acceptors (Lipinski definition) is 6. The summed E-state index contributed by atoms with van der Waals surface area (Å²) < 4.78 is 0. The number of anilines is 2. The SMILES string of the molecule is NC1NC(=O)c2nc(N3CCCC3)nc(N3CCCCC3)c21. The van der Waals surface area contributed by atoms with Gasteiger partial charge in [-0.1, -0.05) is 0 Å². The van der Waals surface area contributed by atoms with E-state index < -0.39 is 6.17 Å². The number of nitrogens with two attached hydrogens (primary N) is 1. The van der Waals surface area contributed by atoms with Gasteiger partial charge in [0.05, 0.1) is 5.56 Å². The van der Waals surface area contributed by atoms with Crippen LogP contribution in [0.5, 0.6) is 0 Å². The summed E-state index contributed by atoms with van der Waals surface area (Å²) in [5.41, 5.74) is 7.33. The van der Waals surface area contributed by atoms with Crippen LogP contribution in [0.3, 0.4) is 0 Å². The van der Waals surface area contributed by atoms with Gasteiger partial charge in [0.15, 0.2) is 0 Å². The van der Waals surface area contributed by atoms with E-state index in [1.165, 1.54) is 6.42 Å². The number of nitrogens with one attached hydrogen (secondary N) is 1. The van der Waals surface area contributed by atoms with Crippen molar-refractivity contribution in [2.24, 2.45) is 5.73 Å². The van der Waals surface area contributed by atoms with E-state index in [4.69, 9.17) is 10.7 Å². The molecule has 1 unspecified atom stereocenters.